The van der Waals surface area contributed by atoms with Gasteiger partial charge < -0.3 is 10.1 Å². The van der Waals surface area contributed by atoms with Crippen molar-refractivity contribution in [2.24, 2.45) is 0 Å². The summed E-state index contributed by atoms with van der Waals surface area (Å²) in [5.41, 5.74) is 1.46. The summed E-state index contributed by atoms with van der Waals surface area (Å²) in [6.45, 7) is 0. The van der Waals surface area contributed by atoms with Crippen molar-refractivity contribution in [3.05, 3.63) is 54.4 Å². The van der Waals surface area contributed by atoms with Crippen LogP contribution in [0.15, 0.2) is 54.4 Å². The molecule has 0 saturated carbocycles. The Morgan fingerprint density at radius 3 is 2.64 bits per heavy atom. The molecule has 0 bridgehead atoms. The second-order valence-electron chi connectivity index (χ2n) is 2.82. The van der Waals surface area contributed by atoms with E-state index in [1.165, 1.54) is 6.26 Å². The zero-order valence-corrected chi connectivity index (χ0v) is 7.44. The summed E-state index contributed by atoms with van der Waals surface area (Å²) in [6.07, 6.45) is 4.63. The van der Waals surface area contributed by atoms with Crippen LogP contribution in [0.1, 0.15) is 0 Å². The van der Waals surface area contributed by atoms with Gasteiger partial charge in [0.05, 0.1) is 11.8 Å². The van der Waals surface area contributed by atoms with Crippen molar-refractivity contribution >= 4 is 11.7 Å². The Hall–Kier alpha value is -2.03. The molecule has 1 aliphatic heterocycles. The third kappa shape index (κ3) is 1.82. The summed E-state index contributed by atoms with van der Waals surface area (Å²) < 4.78 is 4.63. The second kappa shape index (κ2) is 3.79. The molecule has 0 radical (unpaired) electrons. The molecule has 0 saturated heterocycles. The monoisotopic (exact) mass is 187 g/mol. The molecule has 1 N–H and O–H groups in total. The molecule has 3 nitrogen and oxygen atoms in total. The van der Waals surface area contributed by atoms with Gasteiger partial charge in [-0.3, -0.25) is 0 Å². The molecular weight excluding hydrogens is 178 g/mol. The highest BCUT2D eigenvalue weighted by molar-refractivity contribution is 5.94. The van der Waals surface area contributed by atoms with E-state index in [9.17, 15) is 4.79 Å². The van der Waals surface area contributed by atoms with Crippen LogP contribution in [0.5, 0.6) is 0 Å². The van der Waals surface area contributed by atoms with E-state index in [4.69, 9.17) is 0 Å². The van der Waals surface area contributed by atoms with Gasteiger partial charge in [0.2, 0.25) is 0 Å². The van der Waals surface area contributed by atoms with Crippen molar-refractivity contribution < 1.29 is 9.53 Å². The quantitative estimate of drug-likeness (QED) is 0.568. The average molecular weight is 187 g/mol. The molecule has 0 aliphatic carbocycles. The van der Waals surface area contributed by atoms with Crippen LogP contribution in [-0.4, -0.2) is 5.97 Å². The topological polar surface area (TPSA) is 38.3 Å². The first-order valence-corrected chi connectivity index (χ1v) is 4.25. The minimum atomic E-state index is -0.326. The Morgan fingerprint density at radius 1 is 1.21 bits per heavy atom. The van der Waals surface area contributed by atoms with E-state index in [-0.39, 0.29) is 5.97 Å². The molecule has 0 aromatic heterocycles. The van der Waals surface area contributed by atoms with Crippen LogP contribution in [0.4, 0.5) is 5.69 Å². The molecule has 1 aliphatic rings. The Morgan fingerprint density at radius 2 is 2.00 bits per heavy atom. The fourth-order valence-electron chi connectivity index (χ4n) is 1.11. The lowest BCUT2D eigenvalue weighted by Crippen LogP contribution is -1.98. The van der Waals surface area contributed by atoms with Crippen LogP contribution < -0.4 is 5.32 Å². The molecule has 1 aromatic rings. The van der Waals surface area contributed by atoms with Gasteiger partial charge in [0.1, 0.15) is 0 Å². The smallest absolute Gasteiger partial charge is 0.344 e. The standard InChI is InChI=1S/C11H9NO2/c13-11-9(6-7-14-11)8-12-10-4-2-1-3-5-10/h1-8,12H. The van der Waals surface area contributed by atoms with Gasteiger partial charge in [-0.1, -0.05) is 18.2 Å². The number of carbonyl (C=O) groups excluding carboxylic acids is 1. The Kier molecular flexibility index (Phi) is 2.32. The van der Waals surface area contributed by atoms with E-state index >= 15 is 0 Å². The Bertz CT molecular complexity index is 393. The van der Waals surface area contributed by atoms with Crippen LogP contribution in [0.3, 0.4) is 0 Å². The zero-order chi connectivity index (χ0) is 9.80. The SMILES string of the molecule is O=C1OC=CC1=CNc1ccccc1. The number of hydrogen-bond acceptors (Lipinski definition) is 3. The van der Waals surface area contributed by atoms with E-state index < -0.39 is 0 Å². The van der Waals surface area contributed by atoms with E-state index in [1.54, 1.807) is 12.3 Å². The molecule has 0 fully saturated rings. The maximum atomic E-state index is 11.0. The number of nitrogens with one attached hydrogen (secondary N) is 1. The van der Waals surface area contributed by atoms with E-state index in [0.717, 1.165) is 5.69 Å². The summed E-state index contributed by atoms with van der Waals surface area (Å²) in [6, 6.07) is 9.61. The summed E-state index contributed by atoms with van der Waals surface area (Å²) >= 11 is 0. The van der Waals surface area contributed by atoms with Crippen LogP contribution in [-0.2, 0) is 9.53 Å². The van der Waals surface area contributed by atoms with E-state index in [1.807, 2.05) is 30.3 Å². The number of benzene rings is 1. The first kappa shape index (κ1) is 8.56. The maximum Gasteiger partial charge on any atom is 0.344 e. The Balaban J connectivity index is 2.07. The van der Waals surface area contributed by atoms with Crippen LogP contribution in [0.25, 0.3) is 0 Å². The molecule has 1 heterocycles. The molecule has 70 valence electrons. The predicted molar refractivity (Wildman–Crippen MR) is 53.4 cm³/mol. The molecule has 14 heavy (non-hydrogen) atoms. The first-order chi connectivity index (χ1) is 6.86. The fourth-order valence-corrected chi connectivity index (χ4v) is 1.11. The van der Waals surface area contributed by atoms with Gasteiger partial charge in [-0.05, 0) is 18.2 Å². The zero-order valence-electron chi connectivity index (χ0n) is 7.44. The summed E-state index contributed by atoms with van der Waals surface area (Å²) in [5.74, 6) is -0.326. The fraction of sp³-hybridized carbons (Fsp3) is 0. The normalized spacial score (nSPS) is 17.1. The second-order valence-corrected chi connectivity index (χ2v) is 2.82. The molecule has 0 amide bonds. The number of cyclic esters (lactones) is 1. The van der Waals surface area contributed by atoms with Crippen LogP contribution >= 0.6 is 0 Å². The summed E-state index contributed by atoms with van der Waals surface area (Å²) in [5, 5.41) is 3.00. The number of hydrogen-bond donors (Lipinski definition) is 1. The maximum absolute atomic E-state index is 11.0. The van der Waals surface area contributed by atoms with Gasteiger partial charge >= 0.3 is 5.97 Å². The number of para-hydroxylation sites is 1. The number of anilines is 1. The first-order valence-electron chi connectivity index (χ1n) is 4.25. The largest absolute Gasteiger partial charge is 0.431 e. The molecular formula is C11H9NO2. The molecule has 1 aromatic carbocycles. The lowest BCUT2D eigenvalue weighted by Gasteiger charge is -1.99. The van der Waals surface area contributed by atoms with Crippen molar-refractivity contribution in [3.63, 3.8) is 0 Å². The number of rotatable bonds is 2. The highest BCUT2D eigenvalue weighted by Gasteiger charge is 2.11. The minimum absolute atomic E-state index is 0.326. The van der Waals surface area contributed by atoms with Crippen molar-refractivity contribution in [3.8, 4) is 0 Å². The van der Waals surface area contributed by atoms with Gasteiger partial charge in [0.25, 0.3) is 0 Å². The number of carbonyl (C=O) groups is 1. The predicted octanol–water partition coefficient (Wildman–Crippen LogP) is 2.05. The van der Waals surface area contributed by atoms with Gasteiger partial charge in [-0.2, -0.15) is 0 Å². The molecule has 0 spiro atoms. The van der Waals surface area contributed by atoms with Gasteiger partial charge in [-0.25, -0.2) is 4.79 Å². The lowest BCUT2D eigenvalue weighted by molar-refractivity contribution is -0.132. The Labute approximate surface area is 81.7 Å². The van der Waals surface area contributed by atoms with E-state index in [0.29, 0.717) is 5.57 Å². The van der Waals surface area contributed by atoms with Gasteiger partial charge in [-0.15, -0.1) is 0 Å². The molecule has 2 rings (SSSR count). The highest BCUT2D eigenvalue weighted by Crippen LogP contribution is 2.11. The van der Waals surface area contributed by atoms with Crippen LogP contribution in [0, 0.1) is 0 Å². The number of ether oxygens (including phenoxy) is 1. The number of esters is 1. The van der Waals surface area contributed by atoms with Crippen molar-refractivity contribution in [1.82, 2.24) is 0 Å². The summed E-state index contributed by atoms with van der Waals surface area (Å²) in [7, 11) is 0. The molecule has 3 heteroatoms. The molecule has 0 unspecified atom stereocenters. The summed E-state index contributed by atoms with van der Waals surface area (Å²) in [4.78, 5) is 11.0. The van der Waals surface area contributed by atoms with Crippen molar-refractivity contribution in [1.29, 1.82) is 0 Å². The molecule has 0 atom stereocenters. The van der Waals surface area contributed by atoms with E-state index in [2.05, 4.69) is 10.1 Å². The van der Waals surface area contributed by atoms with Crippen molar-refractivity contribution in [2.45, 2.75) is 0 Å². The van der Waals surface area contributed by atoms with Crippen molar-refractivity contribution in [2.75, 3.05) is 5.32 Å². The highest BCUT2D eigenvalue weighted by atomic mass is 16.5. The third-order valence-corrected chi connectivity index (χ3v) is 1.83. The van der Waals surface area contributed by atoms with Crippen LogP contribution in [0.2, 0.25) is 0 Å². The third-order valence-electron chi connectivity index (χ3n) is 1.83. The van der Waals surface area contributed by atoms with Gasteiger partial charge in [0, 0.05) is 11.9 Å². The van der Waals surface area contributed by atoms with Gasteiger partial charge in [0.15, 0.2) is 0 Å². The average Bonchev–Trinajstić information content (AvgIpc) is 2.63. The lowest BCUT2D eigenvalue weighted by atomic mass is 10.3. The minimum Gasteiger partial charge on any atom is -0.431 e.